The fourth-order valence-corrected chi connectivity index (χ4v) is 3.36. The predicted octanol–water partition coefficient (Wildman–Crippen LogP) is 2.05. The largest absolute Gasteiger partial charge is 0.352 e. The van der Waals surface area contributed by atoms with E-state index in [1.165, 1.54) is 4.90 Å². The van der Waals surface area contributed by atoms with Gasteiger partial charge >= 0.3 is 0 Å². The van der Waals surface area contributed by atoms with Crippen LogP contribution in [-0.2, 0) is 0 Å². The molecule has 0 spiro atoms. The van der Waals surface area contributed by atoms with Gasteiger partial charge in [0.05, 0.1) is 21.5 Å². The maximum Gasteiger partial charge on any atom is 0.277 e. The number of piperazine rings is 1. The van der Waals surface area contributed by atoms with Gasteiger partial charge < -0.3 is 14.4 Å². The third kappa shape index (κ3) is 4.17. The van der Waals surface area contributed by atoms with Gasteiger partial charge in [0.2, 0.25) is 0 Å². The highest BCUT2D eigenvalue weighted by atomic mass is 16.6. The zero-order chi connectivity index (χ0) is 22.0. The van der Waals surface area contributed by atoms with Crippen LogP contribution >= 0.6 is 0 Å². The van der Waals surface area contributed by atoms with E-state index >= 15 is 0 Å². The molecule has 1 aliphatic rings. The van der Waals surface area contributed by atoms with Crippen LogP contribution in [0, 0.1) is 20.2 Å². The van der Waals surface area contributed by atoms with E-state index in [1.807, 2.05) is 46.1 Å². The normalized spacial score (nSPS) is 13.8. The molecule has 4 rings (SSSR count). The van der Waals surface area contributed by atoms with Gasteiger partial charge in [-0.1, -0.05) is 0 Å². The van der Waals surface area contributed by atoms with Gasteiger partial charge in [0, 0.05) is 50.7 Å². The minimum absolute atomic E-state index is 0.0785. The van der Waals surface area contributed by atoms with E-state index in [0.717, 1.165) is 18.2 Å². The Morgan fingerprint density at radius 1 is 0.839 bits per heavy atom. The van der Waals surface area contributed by atoms with E-state index in [0.29, 0.717) is 37.8 Å². The first-order valence-corrected chi connectivity index (χ1v) is 9.37. The Hall–Kier alpha value is -4.35. The number of non-ortho nitro benzene ring substituents is 2. The summed E-state index contributed by atoms with van der Waals surface area (Å²) in [6, 6.07) is 10.4. The Bertz CT molecular complexity index is 1090. The lowest BCUT2D eigenvalue weighted by molar-refractivity contribution is -0.394. The van der Waals surface area contributed by atoms with Crippen molar-refractivity contribution in [2.24, 2.45) is 0 Å². The average molecular weight is 423 g/mol. The van der Waals surface area contributed by atoms with Gasteiger partial charge in [-0.25, -0.2) is 0 Å². The minimum atomic E-state index is -0.752. The van der Waals surface area contributed by atoms with Gasteiger partial charge in [-0.05, 0) is 24.3 Å². The van der Waals surface area contributed by atoms with Crippen LogP contribution in [0.4, 0.5) is 17.2 Å². The maximum atomic E-state index is 12.8. The molecule has 12 heteroatoms. The average Bonchev–Trinajstić information content (AvgIpc) is 3.33. The van der Waals surface area contributed by atoms with Gasteiger partial charge in [-0.2, -0.15) is 0 Å². The molecule has 1 aliphatic heterocycles. The molecule has 3 heterocycles. The zero-order valence-corrected chi connectivity index (χ0v) is 16.2. The number of aromatic nitrogens is 3. The highest BCUT2D eigenvalue weighted by molar-refractivity contribution is 5.95. The van der Waals surface area contributed by atoms with E-state index in [-0.39, 0.29) is 5.56 Å². The molecule has 3 aromatic rings. The van der Waals surface area contributed by atoms with Crippen LogP contribution in [0.15, 0.2) is 54.9 Å². The van der Waals surface area contributed by atoms with E-state index < -0.39 is 27.1 Å². The molecule has 0 unspecified atom stereocenters. The molecular weight excluding hydrogens is 406 g/mol. The number of nitro benzene ring substituents is 2. The summed E-state index contributed by atoms with van der Waals surface area (Å²) in [5.74, 6) is 0.879. The predicted molar refractivity (Wildman–Crippen MR) is 109 cm³/mol. The Labute approximate surface area is 175 Å². The Balaban J connectivity index is 1.44. The molecule has 2 aromatic heterocycles. The summed E-state index contributed by atoms with van der Waals surface area (Å²) in [5.41, 5.74) is -1.06. The van der Waals surface area contributed by atoms with E-state index in [4.69, 9.17) is 0 Å². The molecule has 0 N–H and O–H groups in total. The van der Waals surface area contributed by atoms with Gasteiger partial charge in [0.1, 0.15) is 0 Å². The second kappa shape index (κ2) is 8.18. The Kier molecular flexibility index (Phi) is 5.26. The molecule has 0 bridgehead atoms. The molecule has 0 saturated carbocycles. The van der Waals surface area contributed by atoms with Crippen molar-refractivity contribution in [3.05, 3.63) is 80.7 Å². The van der Waals surface area contributed by atoms with Crippen LogP contribution in [0.3, 0.4) is 0 Å². The van der Waals surface area contributed by atoms with Gasteiger partial charge in [-0.3, -0.25) is 25.0 Å². The molecule has 1 saturated heterocycles. The van der Waals surface area contributed by atoms with Gasteiger partial charge in [0.25, 0.3) is 17.3 Å². The number of anilines is 1. The molecule has 158 valence electrons. The number of amides is 1. The number of nitro groups is 2. The number of hydrogen-bond donors (Lipinski definition) is 0. The first-order chi connectivity index (χ1) is 14.9. The molecule has 1 fully saturated rings. The maximum absolute atomic E-state index is 12.8. The van der Waals surface area contributed by atoms with Crippen molar-refractivity contribution in [2.75, 3.05) is 31.1 Å². The third-order valence-electron chi connectivity index (χ3n) is 4.97. The van der Waals surface area contributed by atoms with Gasteiger partial charge in [0.15, 0.2) is 11.6 Å². The Morgan fingerprint density at radius 2 is 1.39 bits per heavy atom. The second-order valence-electron chi connectivity index (χ2n) is 6.87. The molecule has 1 amide bonds. The fourth-order valence-electron chi connectivity index (χ4n) is 3.36. The molecule has 0 atom stereocenters. The number of hydrogen-bond acceptors (Lipinski definition) is 8. The topological polar surface area (TPSA) is 141 Å². The van der Waals surface area contributed by atoms with Crippen molar-refractivity contribution in [1.82, 2.24) is 19.7 Å². The first kappa shape index (κ1) is 19.9. The van der Waals surface area contributed by atoms with Gasteiger partial charge in [-0.15, -0.1) is 10.2 Å². The number of carbonyl (C=O) groups is 1. The van der Waals surface area contributed by atoms with Crippen molar-refractivity contribution < 1.29 is 14.6 Å². The van der Waals surface area contributed by atoms with Crippen LogP contribution in [0.2, 0.25) is 0 Å². The zero-order valence-electron chi connectivity index (χ0n) is 16.2. The highest BCUT2D eigenvalue weighted by Crippen LogP contribution is 2.24. The summed E-state index contributed by atoms with van der Waals surface area (Å²) in [5, 5.41) is 30.6. The van der Waals surface area contributed by atoms with Crippen LogP contribution < -0.4 is 4.90 Å². The SMILES string of the molecule is O=C(c1cc([N+](=O)[O-])cc([N+](=O)[O-])c1)N1CCN(c2ccc(-n3cccc3)nn2)CC1. The van der Waals surface area contributed by atoms with Crippen LogP contribution in [0.25, 0.3) is 5.82 Å². The number of nitrogens with zero attached hydrogens (tertiary/aromatic N) is 7. The summed E-state index contributed by atoms with van der Waals surface area (Å²) < 4.78 is 1.84. The van der Waals surface area contributed by atoms with Crippen molar-refractivity contribution in [3.8, 4) is 5.82 Å². The van der Waals surface area contributed by atoms with Crippen LogP contribution in [0.5, 0.6) is 0 Å². The molecule has 0 aliphatic carbocycles. The lowest BCUT2D eigenvalue weighted by Gasteiger charge is -2.35. The second-order valence-corrected chi connectivity index (χ2v) is 6.87. The molecule has 1 aromatic carbocycles. The number of rotatable bonds is 5. The summed E-state index contributed by atoms with van der Waals surface area (Å²) in [6.07, 6.45) is 3.73. The van der Waals surface area contributed by atoms with Crippen molar-refractivity contribution >= 4 is 23.1 Å². The highest BCUT2D eigenvalue weighted by Gasteiger charge is 2.26. The lowest BCUT2D eigenvalue weighted by atomic mass is 10.1. The van der Waals surface area contributed by atoms with Crippen molar-refractivity contribution in [3.63, 3.8) is 0 Å². The number of carbonyl (C=O) groups excluding carboxylic acids is 1. The molecular formula is C19H17N7O5. The quantitative estimate of drug-likeness (QED) is 0.448. The van der Waals surface area contributed by atoms with Crippen LogP contribution in [-0.4, -0.2) is 61.6 Å². The standard InChI is InChI=1S/C19H17N7O5/c27-19(14-11-15(25(28)29)13-16(12-14)26(30)31)24-9-7-23(8-10-24)18-4-3-17(20-21-18)22-5-1-2-6-22/h1-6,11-13H,7-10H2. The van der Waals surface area contributed by atoms with E-state index in [2.05, 4.69) is 10.2 Å². The molecule has 12 nitrogen and oxygen atoms in total. The minimum Gasteiger partial charge on any atom is -0.352 e. The molecule has 0 radical (unpaired) electrons. The summed E-state index contributed by atoms with van der Waals surface area (Å²) in [7, 11) is 0. The lowest BCUT2D eigenvalue weighted by Crippen LogP contribution is -2.49. The van der Waals surface area contributed by atoms with E-state index in [9.17, 15) is 25.0 Å². The molecule has 31 heavy (non-hydrogen) atoms. The summed E-state index contributed by atoms with van der Waals surface area (Å²) >= 11 is 0. The summed E-state index contributed by atoms with van der Waals surface area (Å²) in [4.78, 5) is 36.9. The monoisotopic (exact) mass is 423 g/mol. The first-order valence-electron chi connectivity index (χ1n) is 9.37. The van der Waals surface area contributed by atoms with Crippen molar-refractivity contribution in [2.45, 2.75) is 0 Å². The van der Waals surface area contributed by atoms with Crippen LogP contribution in [0.1, 0.15) is 10.4 Å². The smallest absolute Gasteiger partial charge is 0.277 e. The third-order valence-corrected chi connectivity index (χ3v) is 4.97. The summed E-state index contributed by atoms with van der Waals surface area (Å²) in [6.45, 7) is 1.66. The number of benzene rings is 1. The fraction of sp³-hybridized carbons (Fsp3) is 0.211. The van der Waals surface area contributed by atoms with E-state index in [1.54, 1.807) is 0 Å². The Morgan fingerprint density at radius 3 is 1.90 bits per heavy atom. The van der Waals surface area contributed by atoms with Crippen molar-refractivity contribution in [1.29, 1.82) is 0 Å².